The first-order valence-corrected chi connectivity index (χ1v) is 5.45. The molecule has 0 aromatic carbocycles. The molecule has 2 rings (SSSR count). The van der Waals surface area contributed by atoms with E-state index in [0.717, 1.165) is 30.0 Å². The highest BCUT2D eigenvalue weighted by molar-refractivity contribution is 8.18. The highest BCUT2D eigenvalue weighted by Gasteiger charge is 2.28. The second kappa shape index (κ2) is 4.09. The minimum atomic E-state index is -1.14. The minimum Gasteiger partial charge on any atom is -0.478 e. The van der Waals surface area contributed by atoms with Gasteiger partial charge in [0.15, 0.2) is 5.17 Å². The molecular formula is C9H9N3O3S. The average molecular weight is 239 g/mol. The Balaban J connectivity index is 2.14. The molecule has 2 aliphatic heterocycles. The first-order valence-electron chi connectivity index (χ1n) is 4.63. The molecule has 0 saturated heterocycles. The molecule has 0 spiro atoms. The quantitative estimate of drug-likeness (QED) is 0.680. The lowest BCUT2D eigenvalue weighted by Crippen LogP contribution is -2.18. The fourth-order valence-corrected chi connectivity index (χ4v) is 2.19. The lowest BCUT2D eigenvalue weighted by molar-refractivity contribution is -0.131. The fourth-order valence-electron chi connectivity index (χ4n) is 1.33. The van der Waals surface area contributed by atoms with Crippen LogP contribution in [0.3, 0.4) is 0 Å². The highest BCUT2D eigenvalue weighted by Crippen LogP contribution is 2.29. The number of amides is 1. The maximum Gasteiger partial charge on any atom is 0.329 e. The number of hydrazone groups is 1. The Morgan fingerprint density at radius 3 is 2.94 bits per heavy atom. The molecule has 0 radical (unpaired) electrons. The van der Waals surface area contributed by atoms with Crippen LogP contribution >= 0.6 is 11.8 Å². The van der Waals surface area contributed by atoms with Gasteiger partial charge in [-0.05, 0) is 18.7 Å². The summed E-state index contributed by atoms with van der Waals surface area (Å²) in [6.07, 6.45) is 1.71. The molecule has 0 unspecified atom stereocenters. The van der Waals surface area contributed by atoms with Gasteiger partial charge in [-0.2, -0.15) is 10.1 Å². The second-order valence-electron chi connectivity index (χ2n) is 3.36. The van der Waals surface area contributed by atoms with Gasteiger partial charge in [-0.3, -0.25) is 4.79 Å². The van der Waals surface area contributed by atoms with E-state index in [4.69, 9.17) is 5.11 Å². The van der Waals surface area contributed by atoms with Gasteiger partial charge in [0.1, 0.15) is 0 Å². The largest absolute Gasteiger partial charge is 0.478 e. The standard InChI is InChI=1S/C9H9N3O3S/c1-5-2-3-12(11-5)9-10-8(15)6(16-9)4-7(13)14/h4H,2-3H2,1H3,(H,13,14). The molecule has 0 bridgehead atoms. The van der Waals surface area contributed by atoms with Crippen LogP contribution in [0.25, 0.3) is 0 Å². The molecule has 0 aromatic heterocycles. The molecule has 0 aromatic rings. The first-order chi connectivity index (χ1) is 7.56. The van der Waals surface area contributed by atoms with Crippen LogP contribution in [-0.2, 0) is 9.59 Å². The van der Waals surface area contributed by atoms with Gasteiger partial charge in [-0.1, -0.05) is 0 Å². The molecule has 0 saturated carbocycles. The monoisotopic (exact) mass is 239 g/mol. The Hall–Kier alpha value is -1.63. The molecule has 1 N–H and O–H groups in total. The van der Waals surface area contributed by atoms with E-state index < -0.39 is 11.9 Å². The van der Waals surface area contributed by atoms with Crippen molar-refractivity contribution in [1.29, 1.82) is 0 Å². The SMILES string of the molecule is CC1=NN(C2=NC(=O)C(=CC(=O)O)S2)CC1. The number of aliphatic carboxylic acids is 1. The minimum absolute atomic E-state index is 0.127. The zero-order chi connectivity index (χ0) is 11.7. The third-order valence-corrected chi connectivity index (χ3v) is 3.06. The number of carbonyl (C=O) groups excluding carboxylic acids is 1. The van der Waals surface area contributed by atoms with Crippen LogP contribution in [-0.4, -0.2) is 39.4 Å². The number of hydrogen-bond donors (Lipinski definition) is 1. The summed E-state index contributed by atoms with van der Waals surface area (Å²) in [5.74, 6) is -1.66. The van der Waals surface area contributed by atoms with Crippen LogP contribution in [0.5, 0.6) is 0 Å². The van der Waals surface area contributed by atoms with Gasteiger partial charge in [-0.25, -0.2) is 9.80 Å². The van der Waals surface area contributed by atoms with Crippen molar-refractivity contribution in [1.82, 2.24) is 5.01 Å². The molecule has 0 fully saturated rings. The van der Waals surface area contributed by atoms with Crippen molar-refractivity contribution in [3.05, 3.63) is 11.0 Å². The molecule has 16 heavy (non-hydrogen) atoms. The Bertz CT molecular complexity index is 453. The van der Waals surface area contributed by atoms with Gasteiger partial charge in [-0.15, -0.1) is 0 Å². The lowest BCUT2D eigenvalue weighted by atomic mass is 10.3. The van der Waals surface area contributed by atoms with Gasteiger partial charge in [0.2, 0.25) is 0 Å². The van der Waals surface area contributed by atoms with Crippen molar-refractivity contribution < 1.29 is 14.7 Å². The number of nitrogens with zero attached hydrogens (tertiary/aromatic N) is 3. The van der Waals surface area contributed by atoms with Crippen molar-refractivity contribution >= 4 is 34.5 Å². The van der Waals surface area contributed by atoms with E-state index in [0.29, 0.717) is 11.7 Å². The summed E-state index contributed by atoms with van der Waals surface area (Å²) in [6, 6.07) is 0. The van der Waals surface area contributed by atoms with Crippen molar-refractivity contribution in [2.45, 2.75) is 13.3 Å². The molecule has 2 heterocycles. The molecule has 6 nitrogen and oxygen atoms in total. The predicted molar refractivity (Wildman–Crippen MR) is 60.2 cm³/mol. The van der Waals surface area contributed by atoms with Crippen molar-refractivity contribution in [3.8, 4) is 0 Å². The van der Waals surface area contributed by atoms with E-state index in [9.17, 15) is 9.59 Å². The summed E-state index contributed by atoms with van der Waals surface area (Å²) in [5, 5.41) is 14.8. The number of carboxylic acids is 1. The Morgan fingerprint density at radius 1 is 1.62 bits per heavy atom. The van der Waals surface area contributed by atoms with Crippen LogP contribution in [0, 0.1) is 0 Å². The molecule has 2 aliphatic rings. The number of aliphatic imine (C=N–C) groups is 1. The zero-order valence-corrected chi connectivity index (χ0v) is 9.32. The van der Waals surface area contributed by atoms with Gasteiger partial charge in [0.25, 0.3) is 5.91 Å². The molecular weight excluding hydrogens is 230 g/mol. The number of carbonyl (C=O) groups is 2. The van der Waals surface area contributed by atoms with E-state index in [1.807, 2.05) is 6.92 Å². The van der Waals surface area contributed by atoms with Crippen molar-refractivity contribution in [2.24, 2.45) is 10.1 Å². The summed E-state index contributed by atoms with van der Waals surface area (Å²) in [5.41, 5.74) is 0.978. The van der Waals surface area contributed by atoms with E-state index in [1.54, 1.807) is 5.01 Å². The van der Waals surface area contributed by atoms with Gasteiger partial charge < -0.3 is 5.11 Å². The molecule has 1 amide bonds. The maximum atomic E-state index is 11.3. The number of carboxylic acid groups (broad SMARTS) is 1. The first kappa shape index (κ1) is 10.9. The normalized spacial score (nSPS) is 22.7. The van der Waals surface area contributed by atoms with E-state index in [-0.39, 0.29) is 4.91 Å². The van der Waals surface area contributed by atoms with Gasteiger partial charge >= 0.3 is 5.97 Å². The van der Waals surface area contributed by atoms with Crippen LogP contribution in [0.1, 0.15) is 13.3 Å². The fraction of sp³-hybridized carbons (Fsp3) is 0.333. The predicted octanol–water partition coefficient (Wildman–Crippen LogP) is 0.666. The lowest BCUT2D eigenvalue weighted by Gasteiger charge is -2.10. The molecule has 0 atom stereocenters. The summed E-state index contributed by atoms with van der Waals surface area (Å²) in [4.78, 5) is 25.7. The summed E-state index contributed by atoms with van der Waals surface area (Å²) in [6.45, 7) is 2.58. The molecule has 7 heteroatoms. The van der Waals surface area contributed by atoms with Crippen molar-refractivity contribution in [2.75, 3.05) is 6.54 Å². The second-order valence-corrected chi connectivity index (χ2v) is 4.37. The van der Waals surface area contributed by atoms with Gasteiger partial charge in [0, 0.05) is 24.8 Å². The maximum absolute atomic E-state index is 11.3. The third kappa shape index (κ3) is 2.13. The van der Waals surface area contributed by atoms with E-state index in [2.05, 4.69) is 10.1 Å². The smallest absolute Gasteiger partial charge is 0.329 e. The van der Waals surface area contributed by atoms with Crippen molar-refractivity contribution in [3.63, 3.8) is 0 Å². The van der Waals surface area contributed by atoms with Gasteiger partial charge in [0.05, 0.1) is 4.91 Å². The van der Waals surface area contributed by atoms with E-state index in [1.165, 1.54) is 0 Å². The van der Waals surface area contributed by atoms with Crippen LogP contribution in [0.2, 0.25) is 0 Å². The summed E-state index contributed by atoms with van der Waals surface area (Å²) in [7, 11) is 0. The number of amidine groups is 1. The van der Waals surface area contributed by atoms with Crippen LogP contribution in [0.4, 0.5) is 0 Å². The molecule has 0 aliphatic carbocycles. The average Bonchev–Trinajstić information content (AvgIpc) is 2.74. The molecule has 84 valence electrons. The topological polar surface area (TPSA) is 82.3 Å². The van der Waals surface area contributed by atoms with E-state index >= 15 is 0 Å². The zero-order valence-electron chi connectivity index (χ0n) is 8.51. The summed E-state index contributed by atoms with van der Waals surface area (Å²) < 4.78 is 0. The number of thioether (sulfide) groups is 1. The van der Waals surface area contributed by atoms with Crippen LogP contribution < -0.4 is 0 Å². The number of hydrogen-bond acceptors (Lipinski definition) is 5. The highest BCUT2D eigenvalue weighted by atomic mass is 32.2. The summed E-state index contributed by atoms with van der Waals surface area (Å²) >= 11 is 1.05. The Kier molecular flexibility index (Phi) is 2.78. The Labute approximate surface area is 95.7 Å². The third-order valence-electron chi connectivity index (χ3n) is 2.06. The number of rotatable bonds is 1. The van der Waals surface area contributed by atoms with Crippen LogP contribution in [0.15, 0.2) is 21.1 Å². The Morgan fingerprint density at radius 2 is 2.38 bits per heavy atom.